The number of aliphatic hydroxyl groups is 1. The van der Waals surface area contributed by atoms with Crippen LogP contribution in [-0.2, 0) is 11.2 Å². The van der Waals surface area contributed by atoms with E-state index < -0.39 is 18.1 Å². The predicted octanol–water partition coefficient (Wildman–Crippen LogP) is 0.454. The highest BCUT2D eigenvalue weighted by molar-refractivity contribution is 5.74. The normalized spacial score (nSPS) is 24.3. The van der Waals surface area contributed by atoms with Gasteiger partial charge in [0.25, 0.3) is 0 Å². The molecule has 0 radical (unpaired) electrons. The van der Waals surface area contributed by atoms with Crippen molar-refractivity contribution < 1.29 is 20.1 Å². The van der Waals surface area contributed by atoms with Crippen LogP contribution in [0.1, 0.15) is 12.0 Å². The van der Waals surface area contributed by atoms with Crippen molar-refractivity contribution in [3.63, 3.8) is 0 Å². The van der Waals surface area contributed by atoms with Crippen molar-refractivity contribution >= 4 is 5.97 Å². The van der Waals surface area contributed by atoms with E-state index in [1.807, 2.05) is 12.1 Å². The minimum atomic E-state index is -0.989. The molecule has 1 aromatic rings. The van der Waals surface area contributed by atoms with E-state index in [9.17, 15) is 15.0 Å². The summed E-state index contributed by atoms with van der Waals surface area (Å²) in [6.45, 7) is 1.09. The zero-order valence-electron chi connectivity index (χ0n) is 9.99. The van der Waals surface area contributed by atoms with Crippen LogP contribution in [0.4, 0.5) is 0 Å². The van der Waals surface area contributed by atoms with Gasteiger partial charge in [-0.25, -0.2) is 0 Å². The fraction of sp³-hybridized carbons (Fsp3) is 0.462. The number of rotatable bonds is 4. The number of carboxylic acid groups (broad SMARTS) is 1. The van der Waals surface area contributed by atoms with Gasteiger partial charge in [-0.2, -0.15) is 0 Å². The maximum absolute atomic E-state index is 11.0. The second-order valence-corrected chi connectivity index (χ2v) is 4.55. The van der Waals surface area contributed by atoms with E-state index >= 15 is 0 Å². The van der Waals surface area contributed by atoms with Gasteiger partial charge in [-0.15, -0.1) is 0 Å². The van der Waals surface area contributed by atoms with Crippen LogP contribution in [-0.4, -0.2) is 51.4 Å². The number of carboxylic acids is 1. The number of aromatic hydroxyl groups is 1. The van der Waals surface area contributed by atoms with Crippen molar-refractivity contribution in [2.45, 2.75) is 25.0 Å². The summed E-state index contributed by atoms with van der Waals surface area (Å²) in [5.74, 6) is -0.763. The predicted molar refractivity (Wildman–Crippen MR) is 65.4 cm³/mol. The molecule has 0 saturated carbocycles. The third kappa shape index (κ3) is 2.63. The summed E-state index contributed by atoms with van der Waals surface area (Å²) in [4.78, 5) is 12.8. The number of hydrogen-bond donors (Lipinski definition) is 3. The molecule has 1 unspecified atom stereocenters. The number of aliphatic hydroxyl groups excluding tert-OH is 1. The minimum absolute atomic E-state index is 0.226. The Bertz CT molecular complexity index is 435. The van der Waals surface area contributed by atoms with Crippen molar-refractivity contribution in [2.24, 2.45) is 0 Å². The number of phenols is 1. The molecule has 1 saturated heterocycles. The maximum atomic E-state index is 11.0. The number of likely N-dealkylation sites (tertiary alicyclic amines) is 1. The van der Waals surface area contributed by atoms with E-state index in [4.69, 9.17) is 5.11 Å². The van der Waals surface area contributed by atoms with Crippen LogP contribution in [0.15, 0.2) is 24.3 Å². The van der Waals surface area contributed by atoms with Crippen LogP contribution < -0.4 is 0 Å². The molecule has 5 nitrogen and oxygen atoms in total. The first kappa shape index (κ1) is 12.9. The Hall–Kier alpha value is -1.59. The molecule has 1 aliphatic rings. The monoisotopic (exact) mass is 251 g/mol. The van der Waals surface area contributed by atoms with Crippen LogP contribution >= 0.6 is 0 Å². The second-order valence-electron chi connectivity index (χ2n) is 4.55. The zero-order chi connectivity index (χ0) is 13.1. The highest BCUT2D eigenvalue weighted by Gasteiger charge is 2.37. The molecule has 98 valence electrons. The van der Waals surface area contributed by atoms with Gasteiger partial charge in [0.2, 0.25) is 0 Å². The summed E-state index contributed by atoms with van der Waals surface area (Å²) in [5.41, 5.74) is 0.794. The van der Waals surface area contributed by atoms with Crippen LogP contribution in [0.2, 0.25) is 0 Å². The van der Waals surface area contributed by atoms with Crippen LogP contribution in [0.3, 0.4) is 0 Å². The first-order valence-corrected chi connectivity index (χ1v) is 6.01. The molecule has 2 atom stereocenters. The lowest BCUT2D eigenvalue weighted by molar-refractivity contribution is -0.144. The van der Waals surface area contributed by atoms with E-state index in [0.717, 1.165) is 5.56 Å². The fourth-order valence-corrected chi connectivity index (χ4v) is 2.40. The number of aliphatic carboxylic acids is 1. The van der Waals surface area contributed by atoms with E-state index in [2.05, 4.69) is 0 Å². The molecule has 18 heavy (non-hydrogen) atoms. The number of hydrogen-bond acceptors (Lipinski definition) is 4. The van der Waals surface area contributed by atoms with Gasteiger partial charge in [-0.1, -0.05) is 18.2 Å². The lowest BCUT2D eigenvalue weighted by atomic mass is 10.1. The molecule has 1 aromatic carbocycles. The third-order valence-electron chi connectivity index (χ3n) is 3.38. The largest absolute Gasteiger partial charge is 0.508 e. The number of carbonyl (C=O) groups is 1. The van der Waals surface area contributed by atoms with Gasteiger partial charge in [0.1, 0.15) is 11.8 Å². The average molecular weight is 251 g/mol. The molecule has 1 aliphatic heterocycles. The fourth-order valence-electron chi connectivity index (χ4n) is 2.40. The third-order valence-corrected chi connectivity index (χ3v) is 3.38. The van der Waals surface area contributed by atoms with Crippen LogP contribution in [0.25, 0.3) is 0 Å². The van der Waals surface area contributed by atoms with Crippen molar-refractivity contribution in [1.29, 1.82) is 0 Å². The number of benzene rings is 1. The molecule has 3 N–H and O–H groups in total. The Morgan fingerprint density at radius 1 is 1.39 bits per heavy atom. The molecule has 5 heteroatoms. The molecule has 1 heterocycles. The second kappa shape index (κ2) is 5.37. The number of nitrogens with zero attached hydrogens (tertiary/aromatic N) is 1. The Morgan fingerprint density at radius 3 is 2.78 bits per heavy atom. The summed E-state index contributed by atoms with van der Waals surface area (Å²) in [5, 5.41) is 28.3. The molecule has 0 amide bonds. The average Bonchev–Trinajstić information content (AvgIpc) is 2.69. The van der Waals surface area contributed by atoms with Gasteiger partial charge in [0.15, 0.2) is 0 Å². The van der Waals surface area contributed by atoms with E-state index in [-0.39, 0.29) is 5.75 Å². The summed E-state index contributed by atoms with van der Waals surface area (Å²) in [7, 11) is 0. The van der Waals surface area contributed by atoms with E-state index in [1.54, 1.807) is 17.0 Å². The molecule has 0 bridgehead atoms. The van der Waals surface area contributed by atoms with Gasteiger partial charge < -0.3 is 15.3 Å². The number of phenolic OH excluding ortho intramolecular Hbond substituents is 1. The van der Waals surface area contributed by atoms with Gasteiger partial charge in [0.05, 0.1) is 6.10 Å². The maximum Gasteiger partial charge on any atom is 0.323 e. The summed E-state index contributed by atoms with van der Waals surface area (Å²) < 4.78 is 0. The smallest absolute Gasteiger partial charge is 0.323 e. The SMILES string of the molecule is O=C(O)[C@@H]1C(O)CCN1CCc1ccccc1O. The highest BCUT2D eigenvalue weighted by atomic mass is 16.4. The van der Waals surface area contributed by atoms with Gasteiger partial charge in [0, 0.05) is 13.1 Å². The molecule has 1 fully saturated rings. The molecule has 2 rings (SSSR count). The van der Waals surface area contributed by atoms with Crippen molar-refractivity contribution in [3.05, 3.63) is 29.8 Å². The minimum Gasteiger partial charge on any atom is -0.508 e. The molecule has 0 spiro atoms. The first-order chi connectivity index (χ1) is 8.59. The standard InChI is InChI=1S/C13H17NO4/c15-10-4-2-1-3-9(10)5-7-14-8-6-11(16)12(14)13(17)18/h1-4,11-12,15-16H,5-8H2,(H,17,18)/t11?,12-/m0/s1. The van der Waals surface area contributed by atoms with Crippen molar-refractivity contribution in [3.8, 4) is 5.75 Å². The Balaban J connectivity index is 1.98. The zero-order valence-corrected chi connectivity index (χ0v) is 9.99. The Labute approximate surface area is 105 Å². The summed E-state index contributed by atoms with van der Waals surface area (Å²) in [6, 6.07) is 6.19. The van der Waals surface area contributed by atoms with Crippen molar-refractivity contribution in [2.75, 3.05) is 13.1 Å². The Kier molecular flexibility index (Phi) is 3.84. The topological polar surface area (TPSA) is 81.0 Å². The molecule has 0 aliphatic carbocycles. The first-order valence-electron chi connectivity index (χ1n) is 6.01. The summed E-state index contributed by atoms with van der Waals surface area (Å²) in [6.07, 6.45) is 0.257. The molecular weight excluding hydrogens is 234 g/mol. The Morgan fingerprint density at radius 2 is 2.11 bits per heavy atom. The van der Waals surface area contributed by atoms with Crippen molar-refractivity contribution in [1.82, 2.24) is 4.90 Å². The van der Waals surface area contributed by atoms with Crippen LogP contribution in [0.5, 0.6) is 5.75 Å². The van der Waals surface area contributed by atoms with Gasteiger partial charge in [-0.05, 0) is 24.5 Å². The highest BCUT2D eigenvalue weighted by Crippen LogP contribution is 2.21. The van der Waals surface area contributed by atoms with E-state index in [0.29, 0.717) is 25.9 Å². The lowest BCUT2D eigenvalue weighted by Crippen LogP contribution is -2.42. The molecular formula is C13H17NO4. The van der Waals surface area contributed by atoms with Gasteiger partial charge in [-0.3, -0.25) is 9.69 Å². The summed E-state index contributed by atoms with van der Waals surface area (Å²) >= 11 is 0. The van der Waals surface area contributed by atoms with E-state index in [1.165, 1.54) is 0 Å². The van der Waals surface area contributed by atoms with Crippen LogP contribution in [0, 0.1) is 0 Å². The van der Waals surface area contributed by atoms with Gasteiger partial charge >= 0.3 is 5.97 Å². The number of para-hydroxylation sites is 1. The quantitative estimate of drug-likeness (QED) is 0.724. The molecule has 0 aromatic heterocycles. The lowest BCUT2D eigenvalue weighted by Gasteiger charge is -2.22.